The second-order valence-corrected chi connectivity index (χ2v) is 4.40. The predicted octanol–water partition coefficient (Wildman–Crippen LogP) is 3.45. The van der Waals surface area contributed by atoms with Crippen LogP contribution < -0.4 is 10.1 Å². The maximum Gasteiger partial charge on any atom is 0.387 e. The van der Waals surface area contributed by atoms with Crippen LogP contribution in [0.3, 0.4) is 0 Å². The average molecular weight is 288 g/mol. The van der Waals surface area contributed by atoms with Crippen molar-refractivity contribution >= 4 is 0 Å². The van der Waals surface area contributed by atoms with E-state index < -0.39 is 6.61 Å². The van der Waals surface area contributed by atoms with Gasteiger partial charge in [-0.15, -0.1) is 0 Å². The van der Waals surface area contributed by atoms with Gasteiger partial charge in [-0.25, -0.2) is 0 Å². The molecule has 5 heteroatoms. The molecule has 0 heterocycles. The van der Waals surface area contributed by atoms with Gasteiger partial charge in [0.1, 0.15) is 5.75 Å². The maximum absolute atomic E-state index is 12.3. The fourth-order valence-electron chi connectivity index (χ4n) is 1.90. The van der Waals surface area contributed by atoms with Gasteiger partial charge in [0.25, 0.3) is 0 Å². The van der Waals surface area contributed by atoms with Gasteiger partial charge in [0.2, 0.25) is 0 Å². The summed E-state index contributed by atoms with van der Waals surface area (Å²) in [6.07, 6.45) is 0. The molecule has 2 aromatic carbocycles. The third-order valence-electron chi connectivity index (χ3n) is 2.92. The Labute approximate surface area is 121 Å². The van der Waals surface area contributed by atoms with Crippen LogP contribution in [0.25, 0.3) is 0 Å². The molecule has 2 rings (SSSR count). The van der Waals surface area contributed by atoms with Gasteiger partial charge in [-0.05, 0) is 23.8 Å². The first kappa shape index (κ1) is 14.9. The minimum atomic E-state index is -2.83. The Morgan fingerprint density at radius 3 is 2.43 bits per heavy atom. The van der Waals surface area contributed by atoms with Gasteiger partial charge in [0.15, 0.2) is 0 Å². The SMILES string of the molecule is N#Cc1ccc(CNCc2ccccc2OC(F)F)cc1. The molecule has 0 unspecified atom stereocenters. The number of hydrogen-bond donors (Lipinski definition) is 1. The van der Waals surface area contributed by atoms with Crippen LogP contribution >= 0.6 is 0 Å². The predicted molar refractivity (Wildman–Crippen MR) is 74.8 cm³/mol. The Kier molecular flexibility index (Phi) is 5.24. The molecule has 0 aliphatic rings. The maximum atomic E-state index is 12.3. The highest BCUT2D eigenvalue weighted by Crippen LogP contribution is 2.20. The molecule has 0 atom stereocenters. The Morgan fingerprint density at radius 2 is 1.76 bits per heavy atom. The lowest BCUT2D eigenvalue weighted by molar-refractivity contribution is -0.0505. The van der Waals surface area contributed by atoms with E-state index in [1.807, 2.05) is 12.1 Å². The molecule has 3 nitrogen and oxygen atoms in total. The van der Waals surface area contributed by atoms with E-state index in [9.17, 15) is 8.78 Å². The van der Waals surface area contributed by atoms with Crippen LogP contribution in [-0.4, -0.2) is 6.61 Å². The lowest BCUT2D eigenvalue weighted by Crippen LogP contribution is -2.14. The molecule has 108 valence electrons. The lowest BCUT2D eigenvalue weighted by atomic mass is 10.1. The zero-order valence-corrected chi connectivity index (χ0v) is 11.2. The van der Waals surface area contributed by atoms with E-state index in [0.717, 1.165) is 5.56 Å². The van der Waals surface area contributed by atoms with Crippen molar-refractivity contribution in [2.24, 2.45) is 0 Å². The van der Waals surface area contributed by atoms with Gasteiger partial charge in [0.05, 0.1) is 11.6 Å². The highest BCUT2D eigenvalue weighted by Gasteiger charge is 2.08. The molecule has 21 heavy (non-hydrogen) atoms. The molecule has 0 aromatic heterocycles. The van der Waals surface area contributed by atoms with Crippen LogP contribution in [-0.2, 0) is 13.1 Å². The van der Waals surface area contributed by atoms with Crippen LogP contribution in [0.2, 0.25) is 0 Å². The number of alkyl halides is 2. The number of rotatable bonds is 6. The second kappa shape index (κ2) is 7.36. The number of hydrogen-bond acceptors (Lipinski definition) is 3. The number of benzene rings is 2. The van der Waals surface area contributed by atoms with Crippen LogP contribution in [0, 0.1) is 11.3 Å². The summed E-state index contributed by atoms with van der Waals surface area (Å²) in [4.78, 5) is 0. The number of para-hydroxylation sites is 1. The fraction of sp³-hybridized carbons (Fsp3) is 0.188. The van der Waals surface area contributed by atoms with Crippen molar-refractivity contribution in [3.63, 3.8) is 0 Å². The summed E-state index contributed by atoms with van der Waals surface area (Å²) < 4.78 is 29.0. The molecule has 0 radical (unpaired) electrons. The van der Waals surface area contributed by atoms with Crippen molar-refractivity contribution in [2.45, 2.75) is 19.7 Å². The van der Waals surface area contributed by atoms with E-state index in [1.165, 1.54) is 6.07 Å². The summed E-state index contributed by atoms with van der Waals surface area (Å²) >= 11 is 0. The summed E-state index contributed by atoms with van der Waals surface area (Å²) in [6.45, 7) is -1.83. The van der Waals surface area contributed by atoms with E-state index in [0.29, 0.717) is 24.2 Å². The van der Waals surface area contributed by atoms with Crippen LogP contribution in [0.1, 0.15) is 16.7 Å². The molecule has 0 aliphatic carbocycles. The number of halogens is 2. The van der Waals surface area contributed by atoms with Gasteiger partial charge in [-0.1, -0.05) is 30.3 Å². The summed E-state index contributed by atoms with van der Waals surface area (Å²) in [5.74, 6) is 0.180. The normalized spacial score (nSPS) is 10.4. The zero-order chi connectivity index (χ0) is 15.1. The Balaban J connectivity index is 1.92. The van der Waals surface area contributed by atoms with E-state index in [4.69, 9.17) is 5.26 Å². The number of nitrogens with one attached hydrogen (secondary N) is 1. The van der Waals surface area contributed by atoms with E-state index in [-0.39, 0.29) is 5.75 Å². The molecule has 0 bridgehead atoms. The van der Waals surface area contributed by atoms with Crippen molar-refractivity contribution in [3.05, 3.63) is 65.2 Å². The monoisotopic (exact) mass is 288 g/mol. The highest BCUT2D eigenvalue weighted by molar-refractivity contribution is 5.34. The Bertz CT molecular complexity index is 621. The lowest BCUT2D eigenvalue weighted by Gasteiger charge is -2.11. The number of nitriles is 1. The zero-order valence-electron chi connectivity index (χ0n) is 11.2. The third kappa shape index (κ3) is 4.55. The van der Waals surface area contributed by atoms with Crippen molar-refractivity contribution in [1.82, 2.24) is 5.32 Å². The molecular weight excluding hydrogens is 274 g/mol. The van der Waals surface area contributed by atoms with Gasteiger partial charge in [-0.2, -0.15) is 14.0 Å². The molecule has 0 saturated heterocycles. The molecule has 0 fully saturated rings. The smallest absolute Gasteiger partial charge is 0.387 e. The third-order valence-corrected chi connectivity index (χ3v) is 2.92. The molecule has 0 spiro atoms. The average Bonchev–Trinajstić information content (AvgIpc) is 2.49. The van der Waals surface area contributed by atoms with Gasteiger partial charge in [0, 0.05) is 18.7 Å². The molecule has 0 aliphatic heterocycles. The Morgan fingerprint density at radius 1 is 1.05 bits per heavy atom. The quantitative estimate of drug-likeness (QED) is 0.885. The highest BCUT2D eigenvalue weighted by atomic mass is 19.3. The summed E-state index contributed by atoms with van der Waals surface area (Å²) in [5.41, 5.74) is 2.29. The van der Waals surface area contributed by atoms with E-state index >= 15 is 0 Å². The summed E-state index contributed by atoms with van der Waals surface area (Å²) in [6, 6.07) is 15.9. The van der Waals surface area contributed by atoms with Crippen LogP contribution in [0.15, 0.2) is 48.5 Å². The first-order chi connectivity index (χ1) is 10.2. The fourth-order valence-corrected chi connectivity index (χ4v) is 1.90. The first-order valence-corrected chi connectivity index (χ1v) is 6.41. The van der Waals surface area contributed by atoms with Gasteiger partial charge in [-0.3, -0.25) is 0 Å². The molecule has 2 aromatic rings. The van der Waals surface area contributed by atoms with Crippen molar-refractivity contribution in [3.8, 4) is 11.8 Å². The molecule has 0 amide bonds. The van der Waals surface area contributed by atoms with Gasteiger partial charge >= 0.3 is 6.61 Å². The first-order valence-electron chi connectivity index (χ1n) is 6.41. The van der Waals surface area contributed by atoms with E-state index in [2.05, 4.69) is 16.1 Å². The summed E-state index contributed by atoms with van der Waals surface area (Å²) in [7, 11) is 0. The van der Waals surface area contributed by atoms with Crippen molar-refractivity contribution in [2.75, 3.05) is 0 Å². The minimum Gasteiger partial charge on any atom is -0.434 e. The minimum absolute atomic E-state index is 0.180. The standard InChI is InChI=1S/C16H14F2N2O/c17-16(18)21-15-4-2-1-3-14(15)11-20-10-13-7-5-12(9-19)6-8-13/h1-8,16,20H,10-11H2. The molecular formula is C16H14F2N2O. The second-order valence-electron chi connectivity index (χ2n) is 4.40. The number of nitrogens with zero attached hydrogens (tertiary/aromatic N) is 1. The topological polar surface area (TPSA) is 45.0 Å². The van der Waals surface area contributed by atoms with Crippen molar-refractivity contribution in [1.29, 1.82) is 5.26 Å². The molecule has 1 N–H and O–H groups in total. The van der Waals surface area contributed by atoms with Crippen LogP contribution in [0.4, 0.5) is 8.78 Å². The summed E-state index contributed by atoms with van der Waals surface area (Å²) in [5, 5.41) is 11.9. The largest absolute Gasteiger partial charge is 0.434 e. The van der Waals surface area contributed by atoms with E-state index in [1.54, 1.807) is 30.3 Å². The van der Waals surface area contributed by atoms with Crippen LogP contribution in [0.5, 0.6) is 5.75 Å². The number of ether oxygens (including phenoxy) is 1. The van der Waals surface area contributed by atoms with Gasteiger partial charge < -0.3 is 10.1 Å². The molecule has 0 saturated carbocycles. The van der Waals surface area contributed by atoms with Crippen molar-refractivity contribution < 1.29 is 13.5 Å². The Hall–Kier alpha value is -2.45.